The molecule has 0 bridgehead atoms. The van der Waals surface area contributed by atoms with Gasteiger partial charge in [-0.1, -0.05) is 30.4 Å². The van der Waals surface area contributed by atoms with E-state index in [1.807, 2.05) is 25.1 Å². The van der Waals surface area contributed by atoms with Crippen LogP contribution in [0.25, 0.3) is 0 Å². The molecule has 0 radical (unpaired) electrons. The second-order valence-corrected chi connectivity index (χ2v) is 11.1. The lowest BCUT2D eigenvalue weighted by Gasteiger charge is -2.31. The first-order chi connectivity index (χ1) is 15.3. The van der Waals surface area contributed by atoms with Gasteiger partial charge in [0.1, 0.15) is 0 Å². The number of fused-ring (bicyclic) bond motifs is 1. The SMILES string of the molecule is COC(=O)c1c(S(=O)(=O)Nc2ccccc2C)sc2c1CCN(C(=O)C1CC=CCC1)C2. The number of rotatable bonds is 5. The number of sulfonamides is 1. The van der Waals surface area contributed by atoms with Gasteiger partial charge in [-0.25, -0.2) is 13.2 Å². The second kappa shape index (κ2) is 9.07. The predicted octanol–water partition coefficient (Wildman–Crippen LogP) is 3.88. The number of hydrogen-bond donors (Lipinski definition) is 1. The van der Waals surface area contributed by atoms with Crippen molar-refractivity contribution in [3.05, 3.63) is 58.0 Å². The van der Waals surface area contributed by atoms with E-state index in [4.69, 9.17) is 4.74 Å². The Morgan fingerprint density at radius 2 is 2.00 bits per heavy atom. The summed E-state index contributed by atoms with van der Waals surface area (Å²) in [6, 6.07) is 7.06. The number of thiophene rings is 1. The maximum absolute atomic E-state index is 13.3. The van der Waals surface area contributed by atoms with Crippen LogP contribution in [-0.4, -0.2) is 38.8 Å². The molecule has 1 N–H and O–H groups in total. The number of anilines is 1. The second-order valence-electron chi connectivity index (χ2n) is 8.07. The zero-order valence-corrected chi connectivity index (χ0v) is 19.7. The topological polar surface area (TPSA) is 92.8 Å². The van der Waals surface area contributed by atoms with E-state index in [-0.39, 0.29) is 21.6 Å². The quantitative estimate of drug-likeness (QED) is 0.524. The summed E-state index contributed by atoms with van der Waals surface area (Å²) in [5.41, 5.74) is 1.98. The van der Waals surface area contributed by atoms with Crippen LogP contribution in [0.2, 0.25) is 0 Å². The normalized spacial score (nSPS) is 18.2. The van der Waals surface area contributed by atoms with E-state index >= 15 is 0 Å². The molecule has 32 heavy (non-hydrogen) atoms. The van der Waals surface area contributed by atoms with Crippen LogP contribution in [0, 0.1) is 12.8 Å². The van der Waals surface area contributed by atoms with Crippen LogP contribution in [-0.2, 0) is 32.5 Å². The van der Waals surface area contributed by atoms with Gasteiger partial charge in [0, 0.05) is 17.3 Å². The number of amides is 1. The number of esters is 1. The Bertz CT molecular complexity index is 1180. The van der Waals surface area contributed by atoms with Crippen molar-refractivity contribution in [2.45, 2.75) is 43.4 Å². The highest BCUT2D eigenvalue weighted by Crippen LogP contribution is 2.38. The molecular weight excluding hydrogens is 448 g/mol. The number of allylic oxidation sites excluding steroid dienone is 2. The lowest BCUT2D eigenvalue weighted by molar-refractivity contribution is -0.136. The molecule has 0 fully saturated rings. The molecule has 4 rings (SSSR count). The van der Waals surface area contributed by atoms with Gasteiger partial charge < -0.3 is 9.64 Å². The summed E-state index contributed by atoms with van der Waals surface area (Å²) in [6.45, 7) is 2.57. The van der Waals surface area contributed by atoms with Crippen molar-refractivity contribution in [2.24, 2.45) is 5.92 Å². The van der Waals surface area contributed by atoms with Crippen molar-refractivity contribution < 1.29 is 22.7 Å². The monoisotopic (exact) mass is 474 g/mol. The minimum Gasteiger partial charge on any atom is -0.465 e. The first-order valence-corrected chi connectivity index (χ1v) is 12.9. The van der Waals surface area contributed by atoms with Gasteiger partial charge in [0.25, 0.3) is 10.0 Å². The number of aryl methyl sites for hydroxylation is 1. The Morgan fingerprint density at radius 3 is 2.69 bits per heavy atom. The average Bonchev–Trinajstić information content (AvgIpc) is 3.20. The lowest BCUT2D eigenvalue weighted by Crippen LogP contribution is -2.39. The third kappa shape index (κ3) is 4.31. The van der Waals surface area contributed by atoms with Crippen LogP contribution in [0.5, 0.6) is 0 Å². The molecule has 1 aliphatic carbocycles. The first-order valence-electron chi connectivity index (χ1n) is 10.6. The zero-order chi connectivity index (χ0) is 22.9. The molecule has 0 saturated heterocycles. The minimum absolute atomic E-state index is 0.0347. The molecule has 0 spiro atoms. The third-order valence-electron chi connectivity index (χ3n) is 5.98. The summed E-state index contributed by atoms with van der Waals surface area (Å²) < 4.78 is 34.0. The summed E-state index contributed by atoms with van der Waals surface area (Å²) in [6.07, 6.45) is 7.03. The van der Waals surface area contributed by atoms with E-state index in [1.54, 1.807) is 17.0 Å². The number of nitrogens with zero attached hydrogens (tertiary/aromatic N) is 1. The maximum Gasteiger partial charge on any atom is 0.340 e. The smallest absolute Gasteiger partial charge is 0.340 e. The summed E-state index contributed by atoms with van der Waals surface area (Å²) in [5.74, 6) is -0.618. The molecule has 2 aromatic rings. The molecule has 1 unspecified atom stereocenters. The van der Waals surface area contributed by atoms with Crippen molar-refractivity contribution in [3.8, 4) is 0 Å². The molecule has 1 aliphatic heterocycles. The maximum atomic E-state index is 13.3. The fourth-order valence-electron chi connectivity index (χ4n) is 4.22. The van der Waals surface area contributed by atoms with E-state index in [9.17, 15) is 18.0 Å². The molecule has 2 heterocycles. The summed E-state index contributed by atoms with van der Waals surface area (Å²) >= 11 is 1.05. The van der Waals surface area contributed by atoms with Crippen molar-refractivity contribution in [2.75, 3.05) is 18.4 Å². The Kier molecular flexibility index (Phi) is 6.39. The molecule has 170 valence electrons. The van der Waals surface area contributed by atoms with Crippen molar-refractivity contribution in [1.82, 2.24) is 4.90 Å². The highest BCUT2D eigenvalue weighted by Gasteiger charge is 2.36. The highest BCUT2D eigenvalue weighted by atomic mass is 32.2. The fraction of sp³-hybridized carbons (Fsp3) is 0.391. The Hall–Kier alpha value is -2.65. The first kappa shape index (κ1) is 22.5. The Balaban J connectivity index is 1.67. The molecule has 1 aromatic heterocycles. The highest BCUT2D eigenvalue weighted by molar-refractivity contribution is 7.94. The molecule has 1 amide bonds. The number of nitrogens with one attached hydrogen (secondary N) is 1. The Morgan fingerprint density at radius 1 is 1.22 bits per heavy atom. The number of ether oxygens (including phenoxy) is 1. The van der Waals surface area contributed by atoms with Gasteiger partial charge in [-0.15, -0.1) is 11.3 Å². The van der Waals surface area contributed by atoms with Crippen LogP contribution in [0.3, 0.4) is 0 Å². The van der Waals surface area contributed by atoms with Gasteiger partial charge in [0.15, 0.2) is 4.21 Å². The molecule has 7 nitrogen and oxygen atoms in total. The molecule has 9 heteroatoms. The van der Waals surface area contributed by atoms with Crippen molar-refractivity contribution in [3.63, 3.8) is 0 Å². The number of benzene rings is 1. The number of carbonyl (C=O) groups excluding carboxylic acids is 2. The van der Waals surface area contributed by atoms with Crippen LogP contribution in [0.15, 0.2) is 40.6 Å². The summed E-state index contributed by atoms with van der Waals surface area (Å²) in [7, 11) is -2.78. The van der Waals surface area contributed by atoms with Gasteiger partial charge in [-0.05, 0) is 49.8 Å². The number of hydrogen-bond acceptors (Lipinski definition) is 6. The largest absolute Gasteiger partial charge is 0.465 e. The predicted molar refractivity (Wildman–Crippen MR) is 123 cm³/mol. The van der Waals surface area contributed by atoms with Gasteiger partial charge in [0.2, 0.25) is 5.91 Å². The van der Waals surface area contributed by atoms with Crippen molar-refractivity contribution >= 4 is 38.9 Å². The molecule has 1 atom stereocenters. The zero-order valence-electron chi connectivity index (χ0n) is 18.1. The van der Waals surface area contributed by atoms with Gasteiger partial charge >= 0.3 is 5.97 Å². The van der Waals surface area contributed by atoms with E-state index < -0.39 is 16.0 Å². The fourth-order valence-corrected chi connectivity index (χ4v) is 7.25. The minimum atomic E-state index is -4.02. The molecule has 0 saturated carbocycles. The average molecular weight is 475 g/mol. The van der Waals surface area contributed by atoms with Gasteiger partial charge in [0.05, 0.1) is 24.9 Å². The third-order valence-corrected chi connectivity index (χ3v) is 9.08. The van der Waals surface area contributed by atoms with Gasteiger partial charge in [-0.2, -0.15) is 0 Å². The Labute approximate surface area is 192 Å². The van der Waals surface area contributed by atoms with Gasteiger partial charge in [-0.3, -0.25) is 9.52 Å². The van der Waals surface area contributed by atoms with Crippen LogP contribution in [0.1, 0.15) is 45.6 Å². The lowest BCUT2D eigenvalue weighted by atomic mass is 9.92. The summed E-state index contributed by atoms with van der Waals surface area (Å²) in [5, 5.41) is 0. The van der Waals surface area contributed by atoms with E-state index in [0.29, 0.717) is 30.8 Å². The van der Waals surface area contributed by atoms with Crippen molar-refractivity contribution in [1.29, 1.82) is 0 Å². The van der Waals surface area contributed by atoms with Crippen LogP contribution >= 0.6 is 11.3 Å². The number of carbonyl (C=O) groups is 2. The molecular formula is C23H26N2O5S2. The molecule has 2 aliphatic rings. The van der Waals surface area contributed by atoms with Crippen LogP contribution in [0.4, 0.5) is 5.69 Å². The van der Waals surface area contributed by atoms with E-state index in [1.165, 1.54) is 7.11 Å². The van der Waals surface area contributed by atoms with E-state index in [2.05, 4.69) is 10.8 Å². The number of methoxy groups -OCH3 is 1. The van der Waals surface area contributed by atoms with Crippen LogP contribution < -0.4 is 4.72 Å². The molecule has 1 aromatic carbocycles. The van der Waals surface area contributed by atoms with E-state index in [0.717, 1.165) is 41.0 Å². The summed E-state index contributed by atoms with van der Waals surface area (Å²) in [4.78, 5) is 28.1. The number of para-hydroxylation sites is 1. The standard InChI is InChI=1S/C23H26N2O5S2/c1-15-8-6-7-11-18(15)24-32(28,29)23-20(22(27)30-2)17-12-13-25(14-19(17)31-23)21(26)16-9-4-3-5-10-16/h3-4,6-8,11,16,24H,5,9-10,12-14H2,1-2H3.